The van der Waals surface area contributed by atoms with E-state index < -0.39 is 5.82 Å². The van der Waals surface area contributed by atoms with Gasteiger partial charge in [-0.05, 0) is 30.9 Å². The maximum absolute atomic E-state index is 13.2. The number of likely N-dealkylation sites (tertiary alicyclic amines) is 1. The summed E-state index contributed by atoms with van der Waals surface area (Å²) in [4.78, 5) is 25.9. The van der Waals surface area contributed by atoms with Crippen molar-refractivity contribution in [1.29, 1.82) is 0 Å². The van der Waals surface area contributed by atoms with Crippen LogP contribution in [0.2, 0.25) is 0 Å². The molecule has 0 N–H and O–H groups in total. The monoisotopic (exact) mass is 291 g/mol. The number of carbonyl (C=O) groups excluding carboxylic acids is 2. The number of hydrogen-bond donors (Lipinski definition) is 0. The van der Waals surface area contributed by atoms with Crippen molar-refractivity contribution >= 4 is 11.7 Å². The molecule has 1 aliphatic rings. The number of halogens is 1. The fraction of sp³-hybridized carbons (Fsp3) is 0.529. The molecule has 0 bridgehead atoms. The predicted octanol–water partition coefficient (Wildman–Crippen LogP) is 3.44. The van der Waals surface area contributed by atoms with Crippen LogP contribution in [0.1, 0.15) is 49.4 Å². The fourth-order valence-electron chi connectivity index (χ4n) is 2.88. The molecular weight excluding hydrogens is 269 g/mol. The lowest BCUT2D eigenvalue weighted by atomic mass is 9.96. The van der Waals surface area contributed by atoms with Gasteiger partial charge in [-0.15, -0.1) is 0 Å². The van der Waals surface area contributed by atoms with Crippen molar-refractivity contribution in [3.05, 3.63) is 35.6 Å². The molecule has 3 nitrogen and oxygen atoms in total. The second-order valence-corrected chi connectivity index (χ2v) is 5.73. The summed E-state index contributed by atoms with van der Waals surface area (Å²) in [6, 6.07) is 5.64. The second-order valence-electron chi connectivity index (χ2n) is 5.73. The van der Waals surface area contributed by atoms with Crippen molar-refractivity contribution in [2.45, 2.75) is 39.0 Å². The van der Waals surface area contributed by atoms with Gasteiger partial charge in [0.2, 0.25) is 5.91 Å². The number of benzene rings is 1. The van der Waals surface area contributed by atoms with E-state index in [1.807, 2.05) is 0 Å². The zero-order valence-corrected chi connectivity index (χ0v) is 12.5. The third kappa shape index (κ3) is 4.38. The van der Waals surface area contributed by atoms with Crippen LogP contribution < -0.4 is 0 Å². The first-order chi connectivity index (χ1) is 10.1. The van der Waals surface area contributed by atoms with Gasteiger partial charge in [-0.2, -0.15) is 0 Å². The molecule has 2 rings (SSSR count). The zero-order chi connectivity index (χ0) is 15.2. The van der Waals surface area contributed by atoms with Gasteiger partial charge in [-0.3, -0.25) is 9.59 Å². The number of carbonyl (C=O) groups is 2. The molecule has 1 saturated heterocycles. The molecule has 0 aromatic heterocycles. The molecule has 0 aliphatic carbocycles. The van der Waals surface area contributed by atoms with Crippen molar-refractivity contribution in [2.24, 2.45) is 5.92 Å². The van der Waals surface area contributed by atoms with Crippen LogP contribution in [0.4, 0.5) is 4.39 Å². The summed E-state index contributed by atoms with van der Waals surface area (Å²) in [5, 5.41) is 0. The molecule has 0 saturated carbocycles. The highest BCUT2D eigenvalue weighted by molar-refractivity contribution is 5.99. The van der Waals surface area contributed by atoms with Gasteiger partial charge in [0, 0.05) is 18.5 Å². The van der Waals surface area contributed by atoms with Crippen LogP contribution in [-0.2, 0) is 4.79 Å². The summed E-state index contributed by atoms with van der Waals surface area (Å²) in [5.74, 6) is -0.00516. The second kappa shape index (κ2) is 7.34. The van der Waals surface area contributed by atoms with Crippen molar-refractivity contribution in [3.8, 4) is 0 Å². The Labute approximate surface area is 125 Å². The van der Waals surface area contributed by atoms with E-state index in [-0.39, 0.29) is 18.2 Å². The molecule has 4 heteroatoms. The van der Waals surface area contributed by atoms with Crippen LogP contribution in [0.3, 0.4) is 0 Å². The molecule has 21 heavy (non-hydrogen) atoms. The van der Waals surface area contributed by atoms with Crippen LogP contribution in [-0.4, -0.2) is 29.7 Å². The van der Waals surface area contributed by atoms with Gasteiger partial charge in [0.15, 0.2) is 5.78 Å². The van der Waals surface area contributed by atoms with Crippen LogP contribution in [0, 0.1) is 11.7 Å². The van der Waals surface area contributed by atoms with Crippen LogP contribution in [0.25, 0.3) is 0 Å². The van der Waals surface area contributed by atoms with Crippen molar-refractivity contribution in [1.82, 2.24) is 4.90 Å². The minimum absolute atomic E-state index is 0.0401. The van der Waals surface area contributed by atoms with E-state index >= 15 is 0 Å². The van der Waals surface area contributed by atoms with Crippen LogP contribution in [0.15, 0.2) is 24.3 Å². The topological polar surface area (TPSA) is 37.4 Å². The quantitative estimate of drug-likeness (QED) is 0.779. The minimum Gasteiger partial charge on any atom is -0.335 e. The third-order valence-electron chi connectivity index (χ3n) is 4.10. The molecule has 1 aliphatic heterocycles. The highest BCUT2D eigenvalue weighted by Crippen LogP contribution is 2.22. The fourth-order valence-corrected chi connectivity index (χ4v) is 2.88. The van der Waals surface area contributed by atoms with E-state index in [1.165, 1.54) is 18.2 Å². The Morgan fingerprint density at radius 2 is 2.19 bits per heavy atom. The summed E-state index contributed by atoms with van der Waals surface area (Å²) in [7, 11) is 0. The number of ketones is 1. The van der Waals surface area contributed by atoms with E-state index in [0.717, 1.165) is 25.7 Å². The first-order valence-corrected chi connectivity index (χ1v) is 7.66. The van der Waals surface area contributed by atoms with E-state index in [4.69, 9.17) is 0 Å². The molecule has 1 fully saturated rings. The minimum atomic E-state index is -0.425. The number of Topliss-reactive ketones (excluding diaryl/α,β-unsaturated/α-hetero) is 1. The van der Waals surface area contributed by atoms with Gasteiger partial charge in [0.1, 0.15) is 5.82 Å². The Morgan fingerprint density at radius 3 is 2.90 bits per heavy atom. The largest absolute Gasteiger partial charge is 0.335 e. The van der Waals surface area contributed by atoms with E-state index in [1.54, 1.807) is 11.0 Å². The average Bonchev–Trinajstić information content (AvgIpc) is 2.63. The van der Waals surface area contributed by atoms with Crippen LogP contribution >= 0.6 is 0 Å². The number of amides is 1. The van der Waals surface area contributed by atoms with Gasteiger partial charge in [0.05, 0.1) is 6.54 Å². The lowest BCUT2D eigenvalue weighted by Gasteiger charge is -2.20. The first-order valence-electron chi connectivity index (χ1n) is 7.66. The lowest BCUT2D eigenvalue weighted by molar-refractivity contribution is -0.130. The van der Waals surface area contributed by atoms with Gasteiger partial charge in [-0.1, -0.05) is 31.9 Å². The standard InChI is InChI=1S/C17H22FNO2/c1-2-4-13-7-8-17(21)19(10-9-13)12-16(20)14-5-3-6-15(18)11-14/h3,5-6,11,13H,2,4,7-10,12H2,1H3. The molecular formula is C17H22FNO2. The van der Waals surface area contributed by atoms with E-state index in [9.17, 15) is 14.0 Å². The molecule has 0 spiro atoms. The third-order valence-corrected chi connectivity index (χ3v) is 4.10. The van der Waals surface area contributed by atoms with E-state index in [2.05, 4.69) is 6.92 Å². The van der Waals surface area contributed by atoms with Gasteiger partial charge >= 0.3 is 0 Å². The van der Waals surface area contributed by atoms with E-state index in [0.29, 0.717) is 24.4 Å². The normalized spacial score (nSPS) is 19.4. The van der Waals surface area contributed by atoms with Gasteiger partial charge in [-0.25, -0.2) is 4.39 Å². The molecule has 1 amide bonds. The smallest absolute Gasteiger partial charge is 0.222 e. The molecule has 1 atom stereocenters. The van der Waals surface area contributed by atoms with Gasteiger partial charge < -0.3 is 4.90 Å². The van der Waals surface area contributed by atoms with Crippen LogP contribution in [0.5, 0.6) is 0 Å². The maximum atomic E-state index is 13.2. The number of nitrogens with zero attached hydrogens (tertiary/aromatic N) is 1. The Hall–Kier alpha value is -1.71. The summed E-state index contributed by atoms with van der Waals surface area (Å²) in [5.41, 5.74) is 0.331. The van der Waals surface area contributed by atoms with Crippen molar-refractivity contribution in [2.75, 3.05) is 13.1 Å². The summed E-state index contributed by atoms with van der Waals surface area (Å²) >= 11 is 0. The summed E-state index contributed by atoms with van der Waals surface area (Å²) in [6.45, 7) is 2.84. The molecule has 114 valence electrons. The molecule has 1 heterocycles. The zero-order valence-electron chi connectivity index (χ0n) is 12.5. The van der Waals surface area contributed by atoms with Crippen molar-refractivity contribution < 1.29 is 14.0 Å². The number of hydrogen-bond acceptors (Lipinski definition) is 2. The molecule has 1 aromatic rings. The Bertz CT molecular complexity index is 515. The SMILES string of the molecule is CCCC1CCC(=O)N(CC(=O)c2cccc(F)c2)CC1. The average molecular weight is 291 g/mol. The maximum Gasteiger partial charge on any atom is 0.222 e. The lowest BCUT2D eigenvalue weighted by Crippen LogP contribution is -2.35. The first kappa shape index (κ1) is 15.7. The molecule has 1 aromatic carbocycles. The number of rotatable bonds is 5. The van der Waals surface area contributed by atoms with Gasteiger partial charge in [0.25, 0.3) is 0 Å². The predicted molar refractivity (Wildman–Crippen MR) is 79.6 cm³/mol. The summed E-state index contributed by atoms with van der Waals surface area (Å²) < 4.78 is 13.2. The summed E-state index contributed by atoms with van der Waals surface area (Å²) in [6.07, 6.45) is 4.65. The Morgan fingerprint density at radius 1 is 1.38 bits per heavy atom. The molecule has 0 radical (unpaired) electrons. The Kier molecular flexibility index (Phi) is 5.48. The highest BCUT2D eigenvalue weighted by atomic mass is 19.1. The van der Waals surface area contributed by atoms with Crippen molar-refractivity contribution in [3.63, 3.8) is 0 Å². The highest BCUT2D eigenvalue weighted by Gasteiger charge is 2.24. The Balaban J connectivity index is 1.98. The molecule has 1 unspecified atom stereocenters.